The molecular formula is C25H29IN8O6. The Kier molecular flexibility index (Phi) is 8.03. The highest BCUT2D eigenvalue weighted by atomic mass is 127. The highest BCUT2D eigenvalue weighted by Gasteiger charge is 2.43. The van der Waals surface area contributed by atoms with E-state index in [0.717, 1.165) is 5.69 Å². The second kappa shape index (κ2) is 11.2. The molecule has 2 unspecified atom stereocenters. The second-order valence-corrected chi connectivity index (χ2v) is 10.6. The van der Waals surface area contributed by atoms with Gasteiger partial charge in [0.25, 0.3) is 0 Å². The van der Waals surface area contributed by atoms with Crippen molar-refractivity contribution in [1.29, 1.82) is 0 Å². The molecule has 0 bridgehead atoms. The average molecular weight is 664 g/mol. The minimum Gasteiger partial charge on any atom is -0.388 e. The molecule has 8 atom stereocenters. The van der Waals surface area contributed by atoms with Crippen LogP contribution in [0.3, 0.4) is 0 Å². The first-order chi connectivity index (χ1) is 19.0. The monoisotopic (exact) mass is 664 g/mol. The lowest BCUT2D eigenvalue weighted by molar-refractivity contribution is -0.0300. The lowest BCUT2D eigenvalue weighted by atomic mass is 10.1. The first kappa shape index (κ1) is 28.7. The zero-order valence-corrected chi connectivity index (χ0v) is 24.5. The van der Waals surface area contributed by atoms with Gasteiger partial charge in [-0.15, -0.1) is 0 Å². The van der Waals surface area contributed by atoms with E-state index in [1.807, 2.05) is 36.4 Å². The molecule has 0 aromatic carbocycles. The van der Waals surface area contributed by atoms with Crippen LogP contribution in [0.2, 0.25) is 0 Å². The third kappa shape index (κ3) is 5.04. The largest absolute Gasteiger partial charge is 0.388 e. The molecule has 4 aromatic heterocycles. The number of aryl methyl sites for hydroxylation is 2. The minimum atomic E-state index is -1.03. The summed E-state index contributed by atoms with van der Waals surface area (Å²) in [4.78, 5) is 25.7. The van der Waals surface area contributed by atoms with Crippen LogP contribution in [0.5, 0.6) is 0 Å². The predicted octanol–water partition coefficient (Wildman–Crippen LogP) is 0.524. The van der Waals surface area contributed by atoms with Crippen LogP contribution in [0.15, 0.2) is 12.7 Å². The van der Waals surface area contributed by atoms with E-state index in [1.165, 1.54) is 6.33 Å². The lowest BCUT2D eigenvalue weighted by Crippen LogP contribution is -2.30. The Labute approximate surface area is 242 Å². The molecule has 0 radical (unpaired) electrons. The van der Waals surface area contributed by atoms with Gasteiger partial charge in [0.2, 0.25) is 5.82 Å². The van der Waals surface area contributed by atoms with Gasteiger partial charge in [-0.2, -0.15) is 0 Å². The number of rotatable bonds is 2. The normalized spacial score (nSPS) is 29.9. The SMILES string of the molecule is CC#Cc1nc(C)c2ncn([C@@H]3O[C@H](C)C(O)[C@@H]3O)c2n1.Cc1nc(I)nc2c1ncn2[C@@H]1O[C@H](C)C(O)[C@@H]1O. The molecule has 40 heavy (non-hydrogen) atoms. The highest BCUT2D eigenvalue weighted by Crippen LogP contribution is 2.32. The third-order valence-electron chi connectivity index (χ3n) is 6.90. The maximum Gasteiger partial charge on any atom is 0.207 e. The van der Waals surface area contributed by atoms with E-state index in [1.54, 1.807) is 36.2 Å². The molecule has 212 valence electrons. The van der Waals surface area contributed by atoms with Gasteiger partial charge in [0.1, 0.15) is 35.4 Å². The molecule has 2 saturated heterocycles. The van der Waals surface area contributed by atoms with E-state index in [-0.39, 0.29) is 0 Å². The summed E-state index contributed by atoms with van der Waals surface area (Å²) in [5, 5.41) is 39.7. The van der Waals surface area contributed by atoms with Crippen LogP contribution >= 0.6 is 22.6 Å². The number of aromatic nitrogens is 8. The van der Waals surface area contributed by atoms with E-state index in [0.29, 0.717) is 37.7 Å². The topological polar surface area (TPSA) is 187 Å². The fourth-order valence-electron chi connectivity index (χ4n) is 4.74. The van der Waals surface area contributed by atoms with Gasteiger partial charge in [0, 0.05) is 22.6 Å². The summed E-state index contributed by atoms with van der Waals surface area (Å²) in [6, 6.07) is 0. The summed E-state index contributed by atoms with van der Waals surface area (Å²) in [7, 11) is 0. The molecule has 4 N–H and O–H groups in total. The second-order valence-electron chi connectivity index (χ2n) is 9.66. The van der Waals surface area contributed by atoms with Gasteiger partial charge in [-0.05, 0) is 40.5 Å². The number of halogens is 1. The zero-order valence-electron chi connectivity index (χ0n) is 22.3. The molecule has 2 aliphatic rings. The summed E-state index contributed by atoms with van der Waals surface area (Å²) in [6.07, 6.45) is -3.09. The number of ether oxygens (including phenoxy) is 2. The molecule has 0 spiro atoms. The molecule has 0 aliphatic carbocycles. The Balaban J connectivity index is 0.000000162. The molecular weight excluding hydrogens is 635 g/mol. The molecule has 14 nitrogen and oxygen atoms in total. The van der Waals surface area contributed by atoms with Crippen LogP contribution in [0.1, 0.15) is 50.4 Å². The molecule has 0 amide bonds. The van der Waals surface area contributed by atoms with E-state index in [9.17, 15) is 20.4 Å². The van der Waals surface area contributed by atoms with Gasteiger partial charge in [0.15, 0.2) is 27.6 Å². The molecule has 6 heterocycles. The molecule has 6 rings (SSSR count). The number of aliphatic hydroxyl groups excluding tert-OH is 4. The summed E-state index contributed by atoms with van der Waals surface area (Å²) in [5.41, 5.74) is 3.91. The van der Waals surface area contributed by atoms with Gasteiger partial charge in [-0.1, -0.05) is 5.92 Å². The Bertz CT molecular complexity index is 1620. The average Bonchev–Trinajstić information content (AvgIpc) is 3.64. The van der Waals surface area contributed by atoms with Crippen LogP contribution in [0.25, 0.3) is 22.3 Å². The first-order valence-electron chi connectivity index (χ1n) is 12.6. The molecule has 4 aromatic rings. The maximum absolute atomic E-state index is 10.1. The van der Waals surface area contributed by atoms with Crippen molar-refractivity contribution in [3.05, 3.63) is 33.7 Å². The van der Waals surface area contributed by atoms with E-state index >= 15 is 0 Å². The summed E-state index contributed by atoms with van der Waals surface area (Å²) >= 11 is 2.03. The standard InChI is InChI=1S/C14H16N4O3.C11H13IN4O3/c1-4-5-9-16-7(2)10-13(17-9)18(6-15-10)14-12(20)11(19)8(3)21-14;1-4-6-9(15-11(12)14-4)16(3-13-6)10-8(18)7(17)5(2)19-10/h6,8,11-12,14,19-20H,1-3H3;3,5,7-8,10,17-18H,1-2H3/t8-,11?,12+,14-;5-,7?,8+,10-/m11/s1. The number of imidazole rings is 2. The minimum absolute atomic E-state index is 0.394. The van der Waals surface area contributed by atoms with Crippen molar-refractivity contribution < 1.29 is 29.9 Å². The molecule has 2 fully saturated rings. The lowest BCUT2D eigenvalue weighted by Gasteiger charge is -2.16. The molecule has 0 saturated carbocycles. The van der Waals surface area contributed by atoms with Crippen LogP contribution in [-0.4, -0.2) is 96.1 Å². The number of hydrogen-bond donors (Lipinski definition) is 4. The van der Waals surface area contributed by atoms with Crippen LogP contribution < -0.4 is 0 Å². The van der Waals surface area contributed by atoms with Gasteiger partial charge >= 0.3 is 0 Å². The van der Waals surface area contributed by atoms with Gasteiger partial charge in [0.05, 0.1) is 36.3 Å². The quantitative estimate of drug-likeness (QED) is 0.133. The smallest absolute Gasteiger partial charge is 0.207 e. The van der Waals surface area contributed by atoms with Crippen LogP contribution in [-0.2, 0) is 9.47 Å². The third-order valence-corrected chi connectivity index (χ3v) is 7.39. The first-order valence-corrected chi connectivity index (χ1v) is 13.6. The Morgan fingerprint density at radius 3 is 1.68 bits per heavy atom. The van der Waals surface area contributed by atoms with Crippen molar-refractivity contribution in [2.24, 2.45) is 0 Å². The van der Waals surface area contributed by atoms with E-state index < -0.39 is 49.1 Å². The van der Waals surface area contributed by atoms with Crippen LogP contribution in [0.4, 0.5) is 0 Å². The van der Waals surface area contributed by atoms with Crippen molar-refractivity contribution in [1.82, 2.24) is 39.0 Å². The van der Waals surface area contributed by atoms with Crippen molar-refractivity contribution in [2.45, 2.75) is 83.7 Å². The van der Waals surface area contributed by atoms with Gasteiger partial charge in [-0.25, -0.2) is 29.9 Å². The highest BCUT2D eigenvalue weighted by molar-refractivity contribution is 14.1. The summed E-state index contributed by atoms with van der Waals surface area (Å²) < 4.78 is 15.0. The number of fused-ring (bicyclic) bond motifs is 2. The van der Waals surface area contributed by atoms with Crippen molar-refractivity contribution >= 4 is 44.9 Å². The van der Waals surface area contributed by atoms with Gasteiger partial charge < -0.3 is 29.9 Å². The Morgan fingerprint density at radius 1 is 0.750 bits per heavy atom. The predicted molar refractivity (Wildman–Crippen MR) is 149 cm³/mol. The summed E-state index contributed by atoms with van der Waals surface area (Å²) in [5.74, 6) is 5.96. The van der Waals surface area contributed by atoms with Crippen molar-refractivity contribution in [3.63, 3.8) is 0 Å². The van der Waals surface area contributed by atoms with E-state index in [4.69, 9.17) is 9.47 Å². The van der Waals surface area contributed by atoms with Crippen molar-refractivity contribution in [2.75, 3.05) is 0 Å². The van der Waals surface area contributed by atoms with Gasteiger partial charge in [-0.3, -0.25) is 9.13 Å². The Hall–Kier alpha value is -2.85. The number of aliphatic hydroxyl groups is 4. The summed E-state index contributed by atoms with van der Waals surface area (Å²) in [6.45, 7) is 8.82. The molecule has 15 heteroatoms. The number of hydrogen-bond acceptors (Lipinski definition) is 12. The number of nitrogens with zero attached hydrogens (tertiary/aromatic N) is 8. The fourth-order valence-corrected chi connectivity index (χ4v) is 5.33. The Morgan fingerprint density at radius 2 is 1.23 bits per heavy atom. The van der Waals surface area contributed by atoms with Crippen molar-refractivity contribution in [3.8, 4) is 11.8 Å². The maximum atomic E-state index is 10.1. The molecule has 2 aliphatic heterocycles. The van der Waals surface area contributed by atoms with E-state index in [2.05, 4.69) is 41.7 Å². The van der Waals surface area contributed by atoms with Crippen LogP contribution in [0, 0.1) is 29.5 Å². The zero-order chi connectivity index (χ0) is 28.9. The fraction of sp³-hybridized carbons (Fsp3) is 0.520.